The van der Waals surface area contributed by atoms with Gasteiger partial charge in [-0.1, -0.05) is 12.1 Å². The Morgan fingerprint density at radius 3 is 2.62 bits per heavy atom. The molecule has 1 fully saturated rings. The summed E-state index contributed by atoms with van der Waals surface area (Å²) in [6, 6.07) is 8.94. The molecule has 12 nitrogen and oxygen atoms in total. The van der Waals surface area contributed by atoms with Crippen LogP contribution in [-0.4, -0.2) is 63.9 Å². The van der Waals surface area contributed by atoms with E-state index >= 15 is 0 Å². The predicted octanol–water partition coefficient (Wildman–Crippen LogP) is 1.04. The fraction of sp³-hybridized carbons (Fsp3) is 0.320. The minimum absolute atomic E-state index is 0.0969. The molecule has 1 N–H and O–H groups in total. The molecule has 3 aromatic heterocycles. The summed E-state index contributed by atoms with van der Waals surface area (Å²) in [6.07, 6.45) is 6.45. The number of amides is 1. The number of carbonyl (C=O) groups excluding carboxylic acids is 1. The highest BCUT2D eigenvalue weighted by Crippen LogP contribution is 2.25. The largest absolute Gasteiger partial charge is 0.471 e. The van der Waals surface area contributed by atoms with Crippen molar-refractivity contribution in [2.75, 3.05) is 13.1 Å². The van der Waals surface area contributed by atoms with Crippen LogP contribution in [0.15, 0.2) is 54.0 Å². The Morgan fingerprint density at radius 2 is 1.89 bits per heavy atom. The van der Waals surface area contributed by atoms with Crippen LogP contribution in [0.2, 0.25) is 0 Å². The number of piperidine rings is 1. The van der Waals surface area contributed by atoms with E-state index in [1.807, 2.05) is 6.07 Å². The van der Waals surface area contributed by atoms with Gasteiger partial charge in [-0.3, -0.25) is 18.8 Å². The third-order valence-electron chi connectivity index (χ3n) is 6.51. The maximum Gasteiger partial charge on any atom is 0.264 e. The molecule has 4 heterocycles. The summed E-state index contributed by atoms with van der Waals surface area (Å²) >= 11 is 0. The standard InChI is InChI=1S/C25H24N8O4/c1-31-21-19(13-30-31)24(35)33(16-29-21)15-25(36)6-10-32(11-7-25)23(34)18-4-2-17(3-5-18)14-37-22-20(12-26)27-8-9-28-22/h2-5,8-9,13,16,36H,6-7,10-11,14-15H2,1H3. The van der Waals surface area contributed by atoms with Crippen LogP contribution < -0.4 is 10.3 Å². The number of ether oxygens (including phenoxy) is 1. The number of nitrogens with zero attached hydrogens (tertiary/aromatic N) is 8. The molecular formula is C25H24N8O4. The van der Waals surface area contributed by atoms with Crippen LogP contribution in [-0.2, 0) is 20.2 Å². The number of aliphatic hydroxyl groups is 1. The van der Waals surface area contributed by atoms with E-state index in [0.717, 1.165) is 5.56 Å². The van der Waals surface area contributed by atoms with Gasteiger partial charge in [0.25, 0.3) is 17.3 Å². The van der Waals surface area contributed by atoms with Gasteiger partial charge in [0.2, 0.25) is 5.69 Å². The molecular weight excluding hydrogens is 476 g/mol. The normalized spacial score (nSPS) is 14.9. The van der Waals surface area contributed by atoms with Crippen molar-refractivity contribution in [3.63, 3.8) is 0 Å². The Morgan fingerprint density at radius 1 is 1.16 bits per heavy atom. The third-order valence-corrected chi connectivity index (χ3v) is 6.51. The number of carbonyl (C=O) groups is 1. The molecule has 1 saturated heterocycles. The summed E-state index contributed by atoms with van der Waals surface area (Å²) in [7, 11) is 1.71. The summed E-state index contributed by atoms with van der Waals surface area (Å²) in [5, 5.41) is 24.7. The Labute approximate surface area is 211 Å². The smallest absolute Gasteiger partial charge is 0.264 e. The fourth-order valence-corrected chi connectivity index (χ4v) is 4.37. The van der Waals surface area contributed by atoms with Gasteiger partial charge in [0.15, 0.2) is 5.65 Å². The number of hydrogen-bond acceptors (Lipinski definition) is 9. The lowest BCUT2D eigenvalue weighted by Crippen LogP contribution is -2.49. The van der Waals surface area contributed by atoms with Crippen LogP contribution in [0.1, 0.15) is 34.5 Å². The minimum Gasteiger partial charge on any atom is -0.471 e. The Hall–Kier alpha value is -4.63. The van der Waals surface area contributed by atoms with Crippen molar-refractivity contribution in [3.8, 4) is 11.9 Å². The molecule has 0 spiro atoms. The maximum atomic E-state index is 13.0. The van der Waals surface area contributed by atoms with E-state index in [1.54, 1.807) is 36.2 Å². The number of hydrogen-bond donors (Lipinski definition) is 1. The van der Waals surface area contributed by atoms with Crippen LogP contribution in [0.25, 0.3) is 11.0 Å². The second-order valence-electron chi connectivity index (χ2n) is 9.01. The minimum atomic E-state index is -1.12. The highest BCUT2D eigenvalue weighted by Gasteiger charge is 2.35. The zero-order valence-electron chi connectivity index (χ0n) is 20.1. The third kappa shape index (κ3) is 4.89. The van der Waals surface area contributed by atoms with Gasteiger partial charge < -0.3 is 14.7 Å². The average Bonchev–Trinajstić information content (AvgIpc) is 3.30. The summed E-state index contributed by atoms with van der Waals surface area (Å²) in [5.41, 5.74) is 0.557. The zero-order valence-corrected chi connectivity index (χ0v) is 20.1. The van der Waals surface area contributed by atoms with Crippen molar-refractivity contribution in [2.45, 2.75) is 31.6 Å². The molecule has 0 radical (unpaired) electrons. The maximum absolute atomic E-state index is 13.0. The van der Waals surface area contributed by atoms with Gasteiger partial charge in [-0.2, -0.15) is 10.4 Å². The molecule has 5 rings (SSSR count). The molecule has 1 aliphatic heterocycles. The second kappa shape index (κ2) is 9.79. The second-order valence-corrected chi connectivity index (χ2v) is 9.01. The van der Waals surface area contributed by atoms with Crippen LogP contribution in [0, 0.1) is 11.3 Å². The van der Waals surface area contributed by atoms with E-state index < -0.39 is 5.60 Å². The molecule has 1 aliphatic rings. The van der Waals surface area contributed by atoms with Crippen molar-refractivity contribution >= 4 is 16.9 Å². The Balaban J connectivity index is 1.18. The first kappa shape index (κ1) is 24.1. The molecule has 1 amide bonds. The number of aromatic nitrogens is 6. The molecule has 12 heteroatoms. The number of nitriles is 1. The number of aryl methyl sites for hydroxylation is 1. The van der Waals surface area contributed by atoms with Crippen molar-refractivity contribution < 1.29 is 14.6 Å². The highest BCUT2D eigenvalue weighted by molar-refractivity contribution is 5.94. The fourth-order valence-electron chi connectivity index (χ4n) is 4.37. The topological polar surface area (TPSA) is 152 Å². The average molecular weight is 501 g/mol. The lowest BCUT2D eigenvalue weighted by atomic mass is 9.91. The summed E-state index contributed by atoms with van der Waals surface area (Å²) in [6.45, 7) is 1.000. The Bertz CT molecular complexity index is 1550. The van der Waals surface area contributed by atoms with Crippen molar-refractivity contribution in [2.24, 2.45) is 7.05 Å². The van der Waals surface area contributed by atoms with Crippen LogP contribution in [0.3, 0.4) is 0 Å². The molecule has 188 valence electrons. The van der Waals surface area contributed by atoms with Gasteiger partial charge in [0.05, 0.1) is 18.3 Å². The first-order valence-electron chi connectivity index (χ1n) is 11.7. The van der Waals surface area contributed by atoms with E-state index in [4.69, 9.17) is 10.00 Å². The first-order valence-corrected chi connectivity index (χ1v) is 11.7. The number of benzene rings is 1. The van der Waals surface area contributed by atoms with Crippen molar-refractivity contribution in [1.29, 1.82) is 5.26 Å². The van der Waals surface area contributed by atoms with E-state index in [9.17, 15) is 14.7 Å². The molecule has 1 aromatic carbocycles. The van der Waals surface area contributed by atoms with E-state index in [-0.39, 0.29) is 36.2 Å². The molecule has 4 aromatic rings. The van der Waals surface area contributed by atoms with E-state index in [1.165, 1.54) is 34.2 Å². The lowest BCUT2D eigenvalue weighted by Gasteiger charge is -2.38. The number of fused-ring (bicyclic) bond motifs is 1. The summed E-state index contributed by atoms with van der Waals surface area (Å²) in [4.78, 5) is 39.7. The molecule has 0 aliphatic carbocycles. The monoisotopic (exact) mass is 500 g/mol. The van der Waals surface area contributed by atoms with Gasteiger partial charge in [-0.15, -0.1) is 0 Å². The molecule has 0 atom stereocenters. The molecule has 0 saturated carbocycles. The first-order chi connectivity index (χ1) is 17.9. The summed E-state index contributed by atoms with van der Waals surface area (Å²) < 4.78 is 8.52. The van der Waals surface area contributed by atoms with Crippen LogP contribution in [0.4, 0.5) is 0 Å². The predicted molar refractivity (Wildman–Crippen MR) is 130 cm³/mol. The van der Waals surface area contributed by atoms with Crippen LogP contribution in [0.5, 0.6) is 5.88 Å². The van der Waals surface area contributed by atoms with Gasteiger partial charge in [-0.25, -0.2) is 15.0 Å². The summed E-state index contributed by atoms with van der Waals surface area (Å²) in [5.74, 6) is 0.0233. The van der Waals surface area contributed by atoms with Crippen molar-refractivity contribution in [3.05, 3.63) is 76.4 Å². The van der Waals surface area contributed by atoms with Gasteiger partial charge in [0, 0.05) is 38.1 Å². The van der Waals surface area contributed by atoms with Gasteiger partial charge in [0.1, 0.15) is 24.4 Å². The van der Waals surface area contributed by atoms with E-state index in [0.29, 0.717) is 42.5 Å². The zero-order chi connectivity index (χ0) is 26.0. The number of likely N-dealkylation sites (tertiary alicyclic amines) is 1. The van der Waals surface area contributed by atoms with Gasteiger partial charge in [-0.05, 0) is 30.5 Å². The molecule has 0 unspecified atom stereocenters. The molecule has 0 bridgehead atoms. The lowest BCUT2D eigenvalue weighted by molar-refractivity contribution is -0.0299. The quantitative estimate of drug-likeness (QED) is 0.409. The van der Waals surface area contributed by atoms with Crippen molar-refractivity contribution in [1.82, 2.24) is 34.2 Å². The highest BCUT2D eigenvalue weighted by atomic mass is 16.5. The SMILES string of the molecule is Cn1ncc2c(=O)n(CC3(O)CCN(C(=O)c4ccc(COc5nccnc5C#N)cc4)CC3)cnc21. The Kier molecular flexibility index (Phi) is 6.37. The molecule has 37 heavy (non-hydrogen) atoms. The van der Waals surface area contributed by atoms with Gasteiger partial charge >= 0.3 is 0 Å². The number of rotatable bonds is 6. The van der Waals surface area contributed by atoms with Crippen LogP contribution >= 0.6 is 0 Å². The van der Waals surface area contributed by atoms with E-state index in [2.05, 4.69) is 20.1 Å².